The molecule has 0 spiro atoms. The average Bonchev–Trinajstić information content (AvgIpc) is 3.00. The van der Waals surface area contributed by atoms with Gasteiger partial charge in [-0.3, -0.25) is 0 Å². The highest BCUT2D eigenvalue weighted by Crippen LogP contribution is 2.47. The number of nitrogens with zero attached hydrogens (tertiary/aromatic N) is 3. The van der Waals surface area contributed by atoms with Gasteiger partial charge in [-0.2, -0.15) is 5.26 Å². The van der Waals surface area contributed by atoms with Crippen molar-refractivity contribution in [2.24, 2.45) is 5.41 Å². The standard InChI is InChI=1S/C16H18ClN3O/c1-12(20-9-8-19-11-20)16(21,15(2,3)10-18)13-4-6-14(17)7-5-13/h4-9,11-12,21H,1-3H3. The first-order valence-electron chi connectivity index (χ1n) is 6.70. The number of aromatic nitrogens is 2. The van der Waals surface area contributed by atoms with E-state index in [4.69, 9.17) is 11.6 Å². The van der Waals surface area contributed by atoms with E-state index < -0.39 is 11.0 Å². The molecule has 21 heavy (non-hydrogen) atoms. The van der Waals surface area contributed by atoms with Gasteiger partial charge in [0.05, 0.1) is 23.9 Å². The van der Waals surface area contributed by atoms with Crippen LogP contribution >= 0.6 is 11.6 Å². The lowest BCUT2D eigenvalue weighted by molar-refractivity contribution is -0.0842. The number of aliphatic hydroxyl groups is 1. The summed E-state index contributed by atoms with van der Waals surface area (Å²) in [6.45, 7) is 5.33. The summed E-state index contributed by atoms with van der Waals surface area (Å²) in [6, 6.07) is 8.81. The summed E-state index contributed by atoms with van der Waals surface area (Å²) < 4.78 is 1.80. The third-order valence-electron chi connectivity index (χ3n) is 4.09. The molecule has 1 aromatic carbocycles. The number of hydrogen-bond acceptors (Lipinski definition) is 3. The van der Waals surface area contributed by atoms with Gasteiger partial charge in [0.1, 0.15) is 5.60 Å². The summed E-state index contributed by atoms with van der Waals surface area (Å²) in [5, 5.41) is 21.5. The summed E-state index contributed by atoms with van der Waals surface area (Å²) in [5.41, 5.74) is -1.72. The molecule has 1 aromatic heterocycles. The number of nitriles is 1. The molecule has 2 atom stereocenters. The Morgan fingerprint density at radius 3 is 2.43 bits per heavy atom. The minimum atomic E-state index is -1.38. The Morgan fingerprint density at radius 2 is 1.95 bits per heavy atom. The second-order valence-corrected chi connectivity index (χ2v) is 6.13. The Bertz CT molecular complexity index is 643. The minimum absolute atomic E-state index is 0.365. The molecule has 1 N–H and O–H groups in total. The molecule has 0 saturated heterocycles. The number of rotatable bonds is 4. The van der Waals surface area contributed by atoms with Crippen LogP contribution in [0.1, 0.15) is 32.4 Å². The maximum atomic E-state index is 11.4. The second-order valence-electron chi connectivity index (χ2n) is 5.70. The van der Waals surface area contributed by atoms with Crippen molar-refractivity contribution < 1.29 is 5.11 Å². The lowest BCUT2D eigenvalue weighted by atomic mass is 9.68. The highest BCUT2D eigenvalue weighted by molar-refractivity contribution is 6.30. The third kappa shape index (κ3) is 2.55. The molecule has 1 heterocycles. The number of hydrogen-bond donors (Lipinski definition) is 1. The Morgan fingerprint density at radius 1 is 1.33 bits per heavy atom. The third-order valence-corrected chi connectivity index (χ3v) is 4.35. The highest BCUT2D eigenvalue weighted by Gasteiger charge is 2.50. The lowest BCUT2D eigenvalue weighted by Crippen LogP contribution is -2.47. The molecule has 0 bridgehead atoms. The van der Waals surface area contributed by atoms with Gasteiger partial charge >= 0.3 is 0 Å². The average molecular weight is 304 g/mol. The fraction of sp³-hybridized carbons (Fsp3) is 0.375. The molecular formula is C16H18ClN3O. The van der Waals surface area contributed by atoms with Crippen LogP contribution in [0.4, 0.5) is 0 Å². The summed E-state index contributed by atoms with van der Waals surface area (Å²) in [4.78, 5) is 4.02. The fourth-order valence-corrected chi connectivity index (χ4v) is 2.75. The highest BCUT2D eigenvalue weighted by atomic mass is 35.5. The SMILES string of the molecule is CC(n1ccnc1)C(O)(c1ccc(Cl)cc1)C(C)(C)C#N. The van der Waals surface area contributed by atoms with Gasteiger partial charge in [0, 0.05) is 17.4 Å². The molecule has 4 nitrogen and oxygen atoms in total. The van der Waals surface area contributed by atoms with Crippen LogP contribution in [0.5, 0.6) is 0 Å². The zero-order valence-corrected chi connectivity index (χ0v) is 13.0. The summed E-state index contributed by atoms with van der Waals surface area (Å²) in [7, 11) is 0. The van der Waals surface area contributed by atoms with E-state index in [1.54, 1.807) is 61.4 Å². The first-order chi connectivity index (χ1) is 9.83. The van der Waals surface area contributed by atoms with Crippen molar-refractivity contribution in [2.75, 3.05) is 0 Å². The first kappa shape index (κ1) is 15.6. The number of imidazole rings is 1. The van der Waals surface area contributed by atoms with E-state index in [1.807, 2.05) is 6.92 Å². The van der Waals surface area contributed by atoms with Gasteiger partial charge in [-0.1, -0.05) is 23.7 Å². The van der Waals surface area contributed by atoms with Crippen molar-refractivity contribution >= 4 is 11.6 Å². The summed E-state index contributed by atoms with van der Waals surface area (Å²) in [5.74, 6) is 0. The lowest BCUT2D eigenvalue weighted by Gasteiger charge is -2.43. The van der Waals surface area contributed by atoms with Crippen LogP contribution in [0.25, 0.3) is 0 Å². The van der Waals surface area contributed by atoms with E-state index in [0.29, 0.717) is 10.6 Å². The van der Waals surface area contributed by atoms with Crippen molar-refractivity contribution in [3.63, 3.8) is 0 Å². The van der Waals surface area contributed by atoms with Crippen LogP contribution < -0.4 is 0 Å². The fourth-order valence-electron chi connectivity index (χ4n) is 2.63. The van der Waals surface area contributed by atoms with Crippen molar-refractivity contribution in [2.45, 2.75) is 32.4 Å². The van der Waals surface area contributed by atoms with E-state index in [9.17, 15) is 10.4 Å². The van der Waals surface area contributed by atoms with Gasteiger partial charge in [0.2, 0.25) is 0 Å². The molecule has 0 aliphatic heterocycles. The molecule has 0 aliphatic rings. The maximum Gasteiger partial charge on any atom is 0.128 e. The number of benzene rings is 1. The molecule has 0 aliphatic carbocycles. The normalized spacial score (nSPS) is 16.0. The monoisotopic (exact) mass is 303 g/mol. The molecule has 2 aromatic rings. The van der Waals surface area contributed by atoms with Crippen LogP contribution in [0.15, 0.2) is 43.0 Å². The van der Waals surface area contributed by atoms with Gasteiger partial charge in [-0.05, 0) is 38.5 Å². The molecule has 0 saturated carbocycles. The molecule has 5 heteroatoms. The zero-order valence-electron chi connectivity index (χ0n) is 12.3. The molecule has 0 amide bonds. The van der Waals surface area contributed by atoms with Crippen LogP contribution in [0, 0.1) is 16.7 Å². The zero-order chi connectivity index (χ0) is 15.7. The first-order valence-corrected chi connectivity index (χ1v) is 7.08. The predicted octanol–water partition coefficient (Wildman–Crippen LogP) is 3.54. The minimum Gasteiger partial charge on any atom is -0.381 e. The Kier molecular flexibility index (Phi) is 4.08. The second kappa shape index (κ2) is 5.51. The summed E-state index contributed by atoms with van der Waals surface area (Å²) in [6.07, 6.45) is 5.07. The smallest absolute Gasteiger partial charge is 0.128 e. The van der Waals surface area contributed by atoms with E-state index in [1.165, 1.54) is 0 Å². The van der Waals surface area contributed by atoms with Gasteiger partial charge in [-0.25, -0.2) is 4.98 Å². The van der Waals surface area contributed by atoms with E-state index in [0.717, 1.165) is 0 Å². The Balaban J connectivity index is 2.60. The Hall–Kier alpha value is -1.83. The van der Waals surface area contributed by atoms with Crippen molar-refractivity contribution in [3.8, 4) is 6.07 Å². The maximum absolute atomic E-state index is 11.4. The van der Waals surface area contributed by atoms with Crippen molar-refractivity contribution in [3.05, 3.63) is 53.6 Å². The van der Waals surface area contributed by atoms with Crippen LogP contribution in [-0.4, -0.2) is 14.7 Å². The summed E-state index contributed by atoms with van der Waals surface area (Å²) >= 11 is 5.93. The quantitative estimate of drug-likeness (QED) is 0.939. The molecule has 110 valence electrons. The topological polar surface area (TPSA) is 61.8 Å². The molecule has 0 fully saturated rings. The molecule has 0 radical (unpaired) electrons. The van der Waals surface area contributed by atoms with Crippen molar-refractivity contribution in [1.82, 2.24) is 9.55 Å². The van der Waals surface area contributed by atoms with Gasteiger partial charge in [-0.15, -0.1) is 0 Å². The van der Waals surface area contributed by atoms with E-state index in [-0.39, 0.29) is 6.04 Å². The molecule has 2 rings (SSSR count). The van der Waals surface area contributed by atoms with Gasteiger partial charge in [0.25, 0.3) is 0 Å². The molecule has 2 unspecified atom stereocenters. The number of halogens is 1. The van der Waals surface area contributed by atoms with Crippen LogP contribution in [0.3, 0.4) is 0 Å². The predicted molar refractivity (Wildman–Crippen MR) is 81.7 cm³/mol. The molecular weight excluding hydrogens is 286 g/mol. The van der Waals surface area contributed by atoms with E-state index >= 15 is 0 Å². The van der Waals surface area contributed by atoms with Crippen molar-refractivity contribution in [1.29, 1.82) is 5.26 Å². The largest absolute Gasteiger partial charge is 0.381 e. The van der Waals surface area contributed by atoms with Gasteiger partial charge in [0.15, 0.2) is 0 Å². The van der Waals surface area contributed by atoms with Crippen LogP contribution in [-0.2, 0) is 5.60 Å². The van der Waals surface area contributed by atoms with E-state index in [2.05, 4.69) is 11.1 Å². The Labute approximate surface area is 129 Å². The van der Waals surface area contributed by atoms with Crippen LogP contribution in [0.2, 0.25) is 5.02 Å². The van der Waals surface area contributed by atoms with Gasteiger partial charge < -0.3 is 9.67 Å².